The molecule has 0 aliphatic rings. The van der Waals surface area contributed by atoms with Crippen molar-refractivity contribution < 1.29 is 9.18 Å². The summed E-state index contributed by atoms with van der Waals surface area (Å²) >= 11 is 0. The number of hydrogen-bond acceptors (Lipinski definition) is 3. The van der Waals surface area contributed by atoms with Crippen LogP contribution in [0.4, 0.5) is 10.1 Å². The number of nitrogens with one attached hydrogen (secondary N) is 1. The fourth-order valence-corrected chi connectivity index (χ4v) is 1.92. The number of nitrogens with zero attached hydrogens (tertiary/aromatic N) is 2. The standard InChI is InChI=1S/C15H19FN4O.ClH/c1-9(2)14(17)15(21)19-12-8-18-20(10(12)3)13-7-5-4-6-11(13)16;/h4-9,14H,17H2,1-3H3,(H,19,21);1H/t14-;/m0./s1. The summed E-state index contributed by atoms with van der Waals surface area (Å²) in [6.45, 7) is 5.51. The molecule has 2 rings (SSSR count). The summed E-state index contributed by atoms with van der Waals surface area (Å²) in [5.41, 5.74) is 7.31. The maximum atomic E-state index is 13.8. The van der Waals surface area contributed by atoms with Gasteiger partial charge >= 0.3 is 0 Å². The van der Waals surface area contributed by atoms with Gasteiger partial charge in [0, 0.05) is 0 Å². The van der Waals surface area contributed by atoms with Crippen LogP contribution in [0, 0.1) is 18.7 Å². The third-order valence-corrected chi connectivity index (χ3v) is 3.37. The SMILES string of the molecule is Cc1c(NC(=O)[C@@H](N)C(C)C)cnn1-c1ccccc1F.Cl. The zero-order valence-corrected chi connectivity index (χ0v) is 13.5. The number of aromatic nitrogens is 2. The molecule has 5 nitrogen and oxygen atoms in total. The second-order valence-corrected chi connectivity index (χ2v) is 5.27. The lowest BCUT2D eigenvalue weighted by atomic mass is 10.1. The minimum Gasteiger partial charge on any atom is -0.322 e. The van der Waals surface area contributed by atoms with Gasteiger partial charge in [-0.2, -0.15) is 5.10 Å². The van der Waals surface area contributed by atoms with Gasteiger partial charge in [-0.1, -0.05) is 26.0 Å². The summed E-state index contributed by atoms with van der Waals surface area (Å²) in [6, 6.07) is 5.74. The first-order chi connectivity index (χ1) is 9.91. The number of hydrogen-bond donors (Lipinski definition) is 2. The lowest BCUT2D eigenvalue weighted by Crippen LogP contribution is -2.39. The molecule has 0 bridgehead atoms. The van der Waals surface area contributed by atoms with E-state index in [0.717, 1.165) is 0 Å². The van der Waals surface area contributed by atoms with Crippen LogP contribution >= 0.6 is 12.4 Å². The highest BCUT2D eigenvalue weighted by molar-refractivity contribution is 5.95. The van der Waals surface area contributed by atoms with Crippen LogP contribution in [0.3, 0.4) is 0 Å². The van der Waals surface area contributed by atoms with Crippen molar-refractivity contribution in [3.05, 3.63) is 42.0 Å². The molecule has 0 fully saturated rings. The molecule has 0 unspecified atom stereocenters. The van der Waals surface area contributed by atoms with Gasteiger partial charge in [0.15, 0.2) is 0 Å². The number of amides is 1. The number of benzene rings is 1. The minimum absolute atomic E-state index is 0. The number of carbonyl (C=O) groups excluding carboxylic acids is 1. The third kappa shape index (κ3) is 3.64. The largest absolute Gasteiger partial charge is 0.322 e. The Bertz CT molecular complexity index is 657. The van der Waals surface area contributed by atoms with Crippen molar-refractivity contribution in [3.63, 3.8) is 0 Å². The van der Waals surface area contributed by atoms with Crippen molar-refractivity contribution in [3.8, 4) is 5.69 Å². The number of nitrogens with two attached hydrogens (primary N) is 1. The fourth-order valence-electron chi connectivity index (χ4n) is 1.92. The first kappa shape index (κ1) is 18.1. The van der Waals surface area contributed by atoms with Crippen molar-refractivity contribution >= 4 is 24.0 Å². The van der Waals surface area contributed by atoms with Crippen LogP contribution in [0.25, 0.3) is 5.69 Å². The van der Waals surface area contributed by atoms with Gasteiger partial charge in [-0.3, -0.25) is 4.79 Å². The van der Waals surface area contributed by atoms with E-state index in [0.29, 0.717) is 17.1 Å². The van der Waals surface area contributed by atoms with Gasteiger partial charge in [-0.15, -0.1) is 12.4 Å². The van der Waals surface area contributed by atoms with Crippen LogP contribution in [-0.2, 0) is 4.79 Å². The first-order valence-corrected chi connectivity index (χ1v) is 6.77. The van der Waals surface area contributed by atoms with E-state index in [9.17, 15) is 9.18 Å². The average Bonchev–Trinajstić information content (AvgIpc) is 2.80. The van der Waals surface area contributed by atoms with E-state index in [-0.39, 0.29) is 30.0 Å². The maximum absolute atomic E-state index is 13.8. The second-order valence-electron chi connectivity index (χ2n) is 5.27. The van der Waals surface area contributed by atoms with Gasteiger partial charge in [-0.05, 0) is 25.0 Å². The van der Waals surface area contributed by atoms with Gasteiger partial charge < -0.3 is 11.1 Å². The molecule has 1 aromatic carbocycles. The number of halogens is 2. The number of anilines is 1. The van der Waals surface area contributed by atoms with Gasteiger partial charge in [0.25, 0.3) is 0 Å². The smallest absolute Gasteiger partial charge is 0.241 e. The molecular formula is C15H20ClFN4O. The Kier molecular flexibility index (Phi) is 6.08. The predicted molar refractivity (Wildman–Crippen MR) is 87.0 cm³/mol. The second kappa shape index (κ2) is 7.38. The van der Waals surface area contributed by atoms with Gasteiger partial charge in [-0.25, -0.2) is 9.07 Å². The summed E-state index contributed by atoms with van der Waals surface area (Å²) in [7, 11) is 0. The zero-order chi connectivity index (χ0) is 15.6. The monoisotopic (exact) mass is 326 g/mol. The van der Waals surface area contributed by atoms with Crippen molar-refractivity contribution in [1.29, 1.82) is 0 Å². The topological polar surface area (TPSA) is 72.9 Å². The molecule has 1 heterocycles. The van der Waals surface area contributed by atoms with E-state index in [1.807, 2.05) is 13.8 Å². The Morgan fingerprint density at radius 2 is 2.00 bits per heavy atom. The van der Waals surface area contributed by atoms with Crippen molar-refractivity contribution in [2.75, 3.05) is 5.32 Å². The normalized spacial score (nSPS) is 11.9. The summed E-state index contributed by atoms with van der Waals surface area (Å²) in [4.78, 5) is 12.0. The molecule has 0 aliphatic carbocycles. The maximum Gasteiger partial charge on any atom is 0.241 e. The number of para-hydroxylation sites is 1. The molecular weight excluding hydrogens is 307 g/mol. The fraction of sp³-hybridized carbons (Fsp3) is 0.333. The van der Waals surface area contributed by atoms with Gasteiger partial charge in [0.2, 0.25) is 5.91 Å². The Labute approximate surface area is 135 Å². The molecule has 1 atom stereocenters. The molecule has 0 radical (unpaired) electrons. The van der Waals surface area contributed by atoms with E-state index in [1.54, 1.807) is 25.1 Å². The molecule has 2 aromatic rings. The van der Waals surface area contributed by atoms with Crippen LogP contribution < -0.4 is 11.1 Å². The predicted octanol–water partition coefficient (Wildman–Crippen LogP) is 2.66. The average molecular weight is 327 g/mol. The molecule has 0 saturated heterocycles. The Balaban J connectivity index is 0.00000242. The molecule has 0 saturated carbocycles. The molecule has 1 amide bonds. The van der Waals surface area contributed by atoms with Crippen LogP contribution in [-0.4, -0.2) is 21.7 Å². The first-order valence-electron chi connectivity index (χ1n) is 6.77. The van der Waals surface area contributed by atoms with Gasteiger partial charge in [0.1, 0.15) is 11.5 Å². The minimum atomic E-state index is -0.596. The molecule has 22 heavy (non-hydrogen) atoms. The van der Waals surface area contributed by atoms with E-state index in [1.165, 1.54) is 16.9 Å². The van der Waals surface area contributed by atoms with Crippen molar-refractivity contribution in [2.24, 2.45) is 11.7 Å². The number of carbonyl (C=O) groups is 1. The molecule has 0 spiro atoms. The molecule has 7 heteroatoms. The summed E-state index contributed by atoms with van der Waals surface area (Å²) in [5.74, 6) is -0.617. The highest BCUT2D eigenvalue weighted by Crippen LogP contribution is 2.20. The van der Waals surface area contributed by atoms with E-state index < -0.39 is 6.04 Å². The molecule has 120 valence electrons. The summed E-state index contributed by atoms with van der Waals surface area (Å²) in [6.07, 6.45) is 1.49. The quantitative estimate of drug-likeness (QED) is 0.907. The lowest BCUT2D eigenvalue weighted by molar-refractivity contribution is -0.118. The van der Waals surface area contributed by atoms with E-state index in [4.69, 9.17) is 5.73 Å². The number of rotatable bonds is 4. The molecule has 3 N–H and O–H groups in total. The Hall–Kier alpha value is -1.92. The van der Waals surface area contributed by atoms with Crippen LogP contribution in [0.1, 0.15) is 19.5 Å². The van der Waals surface area contributed by atoms with Crippen molar-refractivity contribution in [2.45, 2.75) is 26.8 Å². The highest BCUT2D eigenvalue weighted by Gasteiger charge is 2.19. The molecule has 0 aliphatic heterocycles. The highest BCUT2D eigenvalue weighted by atomic mass is 35.5. The zero-order valence-electron chi connectivity index (χ0n) is 12.7. The third-order valence-electron chi connectivity index (χ3n) is 3.37. The van der Waals surface area contributed by atoms with Gasteiger partial charge in [0.05, 0.1) is 23.6 Å². The summed E-state index contributed by atoms with van der Waals surface area (Å²) in [5, 5.41) is 6.86. The van der Waals surface area contributed by atoms with Crippen LogP contribution in [0.5, 0.6) is 0 Å². The summed E-state index contributed by atoms with van der Waals surface area (Å²) < 4.78 is 15.2. The lowest BCUT2D eigenvalue weighted by Gasteiger charge is -2.15. The van der Waals surface area contributed by atoms with Crippen molar-refractivity contribution in [1.82, 2.24) is 9.78 Å². The Morgan fingerprint density at radius 1 is 1.36 bits per heavy atom. The van der Waals surface area contributed by atoms with Crippen LogP contribution in [0.2, 0.25) is 0 Å². The molecule has 1 aromatic heterocycles. The van der Waals surface area contributed by atoms with E-state index in [2.05, 4.69) is 10.4 Å². The van der Waals surface area contributed by atoms with E-state index >= 15 is 0 Å². The van der Waals surface area contributed by atoms with Crippen LogP contribution in [0.15, 0.2) is 30.5 Å². The Morgan fingerprint density at radius 3 is 2.59 bits per heavy atom.